The minimum atomic E-state index is 0.593. The Morgan fingerprint density at radius 1 is 1.41 bits per heavy atom. The van der Waals surface area contributed by atoms with Gasteiger partial charge in [-0.25, -0.2) is 4.98 Å². The lowest BCUT2D eigenvalue weighted by Crippen LogP contribution is -2.32. The highest BCUT2D eigenvalue weighted by atomic mass is 16.5. The van der Waals surface area contributed by atoms with Gasteiger partial charge < -0.3 is 9.30 Å². The van der Waals surface area contributed by atoms with Gasteiger partial charge in [0.1, 0.15) is 5.82 Å². The number of aromatic nitrogens is 4. The lowest BCUT2D eigenvalue weighted by molar-refractivity contribution is 0.183. The van der Waals surface area contributed by atoms with Crippen molar-refractivity contribution in [3.8, 4) is 0 Å². The quantitative estimate of drug-likeness (QED) is 0.781. The van der Waals surface area contributed by atoms with Gasteiger partial charge in [0, 0.05) is 50.4 Å². The van der Waals surface area contributed by atoms with Crippen LogP contribution in [0.15, 0.2) is 24.8 Å². The predicted octanol–water partition coefficient (Wildman–Crippen LogP) is 1.70. The molecule has 120 valence electrons. The van der Waals surface area contributed by atoms with E-state index in [4.69, 9.17) is 4.74 Å². The number of methoxy groups -OCH3 is 1. The number of rotatable bonds is 7. The van der Waals surface area contributed by atoms with Crippen molar-refractivity contribution in [3.63, 3.8) is 0 Å². The second-order valence-electron chi connectivity index (χ2n) is 6.00. The van der Waals surface area contributed by atoms with E-state index >= 15 is 0 Å². The van der Waals surface area contributed by atoms with E-state index in [0.717, 1.165) is 25.5 Å². The summed E-state index contributed by atoms with van der Waals surface area (Å²) in [4.78, 5) is 6.89. The highest BCUT2D eigenvalue weighted by Crippen LogP contribution is 2.21. The minimum Gasteiger partial charge on any atom is -0.383 e. The number of nitrogens with zero attached hydrogens (tertiary/aromatic N) is 5. The molecular weight excluding hydrogens is 278 g/mol. The van der Waals surface area contributed by atoms with Gasteiger partial charge in [-0.15, -0.1) is 0 Å². The van der Waals surface area contributed by atoms with Crippen molar-refractivity contribution in [2.45, 2.75) is 45.4 Å². The SMILES string of the molecule is COCCn1cc(CN2CCCC2Cn2ccnc2C)cn1. The van der Waals surface area contributed by atoms with Gasteiger partial charge in [0.05, 0.1) is 19.3 Å². The molecule has 22 heavy (non-hydrogen) atoms. The van der Waals surface area contributed by atoms with E-state index in [1.54, 1.807) is 7.11 Å². The molecule has 1 fully saturated rings. The Morgan fingerprint density at radius 2 is 2.32 bits per heavy atom. The van der Waals surface area contributed by atoms with Gasteiger partial charge in [-0.2, -0.15) is 5.10 Å². The molecule has 0 aromatic carbocycles. The number of hydrogen-bond acceptors (Lipinski definition) is 4. The Balaban J connectivity index is 1.59. The average Bonchev–Trinajstić information content (AvgIpc) is 3.22. The first-order valence-electron chi connectivity index (χ1n) is 7.98. The zero-order chi connectivity index (χ0) is 15.4. The molecule has 0 saturated carbocycles. The van der Waals surface area contributed by atoms with Crippen molar-refractivity contribution in [1.29, 1.82) is 0 Å². The van der Waals surface area contributed by atoms with Crippen LogP contribution in [-0.2, 0) is 24.4 Å². The third-order valence-electron chi connectivity index (χ3n) is 4.43. The summed E-state index contributed by atoms with van der Waals surface area (Å²) in [5.41, 5.74) is 1.28. The molecule has 6 heteroatoms. The standard InChI is InChI=1S/C16H25N5O/c1-14-17-5-7-19(14)13-16-4-3-6-20(16)11-15-10-18-21(12-15)8-9-22-2/h5,7,10,12,16H,3-4,6,8-9,11,13H2,1-2H3. The number of hydrogen-bond donors (Lipinski definition) is 0. The molecule has 0 radical (unpaired) electrons. The van der Waals surface area contributed by atoms with E-state index in [-0.39, 0.29) is 0 Å². The smallest absolute Gasteiger partial charge is 0.105 e. The van der Waals surface area contributed by atoms with Crippen LogP contribution in [0.3, 0.4) is 0 Å². The Labute approximate surface area is 131 Å². The second-order valence-corrected chi connectivity index (χ2v) is 6.00. The van der Waals surface area contributed by atoms with Crippen LogP contribution in [0.5, 0.6) is 0 Å². The van der Waals surface area contributed by atoms with Gasteiger partial charge in [-0.1, -0.05) is 0 Å². The van der Waals surface area contributed by atoms with E-state index < -0.39 is 0 Å². The zero-order valence-corrected chi connectivity index (χ0v) is 13.5. The van der Waals surface area contributed by atoms with E-state index in [9.17, 15) is 0 Å². The molecule has 0 amide bonds. The van der Waals surface area contributed by atoms with Crippen LogP contribution in [0.1, 0.15) is 24.2 Å². The fourth-order valence-corrected chi connectivity index (χ4v) is 3.16. The lowest BCUT2D eigenvalue weighted by atomic mass is 10.2. The van der Waals surface area contributed by atoms with E-state index in [2.05, 4.69) is 38.9 Å². The molecule has 1 unspecified atom stereocenters. The summed E-state index contributed by atoms with van der Waals surface area (Å²) in [6, 6.07) is 0.593. The normalized spacial score (nSPS) is 19.1. The Kier molecular flexibility index (Phi) is 4.90. The van der Waals surface area contributed by atoms with Crippen LogP contribution in [0.25, 0.3) is 0 Å². The summed E-state index contributed by atoms with van der Waals surface area (Å²) in [5, 5.41) is 4.41. The summed E-state index contributed by atoms with van der Waals surface area (Å²) in [5.74, 6) is 1.10. The van der Waals surface area contributed by atoms with Gasteiger partial charge >= 0.3 is 0 Å². The van der Waals surface area contributed by atoms with Crippen LogP contribution < -0.4 is 0 Å². The molecule has 1 saturated heterocycles. The first-order valence-corrected chi connectivity index (χ1v) is 7.98. The van der Waals surface area contributed by atoms with Crippen molar-refractivity contribution in [2.24, 2.45) is 0 Å². The van der Waals surface area contributed by atoms with Gasteiger partial charge in [0.15, 0.2) is 0 Å². The maximum Gasteiger partial charge on any atom is 0.105 e. The molecule has 3 rings (SSSR count). The van der Waals surface area contributed by atoms with E-state index in [0.29, 0.717) is 12.6 Å². The van der Waals surface area contributed by atoms with Crippen molar-refractivity contribution in [3.05, 3.63) is 36.2 Å². The second kappa shape index (κ2) is 7.07. The maximum absolute atomic E-state index is 5.10. The summed E-state index contributed by atoms with van der Waals surface area (Å²) >= 11 is 0. The molecule has 6 nitrogen and oxygen atoms in total. The molecule has 1 atom stereocenters. The molecule has 0 N–H and O–H groups in total. The summed E-state index contributed by atoms with van der Waals surface area (Å²) < 4.78 is 9.31. The fraction of sp³-hybridized carbons (Fsp3) is 0.625. The van der Waals surface area contributed by atoms with Gasteiger partial charge in [-0.05, 0) is 26.3 Å². The average molecular weight is 303 g/mol. The minimum absolute atomic E-state index is 0.593. The molecule has 0 spiro atoms. The molecule has 1 aliphatic rings. The molecule has 2 aromatic heterocycles. The number of likely N-dealkylation sites (tertiary alicyclic amines) is 1. The van der Waals surface area contributed by atoms with Gasteiger partial charge in [-0.3, -0.25) is 9.58 Å². The molecule has 1 aliphatic heterocycles. The predicted molar refractivity (Wildman–Crippen MR) is 84.5 cm³/mol. The van der Waals surface area contributed by atoms with E-state index in [1.807, 2.05) is 17.1 Å². The van der Waals surface area contributed by atoms with Crippen molar-refractivity contribution >= 4 is 0 Å². The Morgan fingerprint density at radius 3 is 3.09 bits per heavy atom. The monoisotopic (exact) mass is 303 g/mol. The largest absolute Gasteiger partial charge is 0.383 e. The van der Waals surface area contributed by atoms with Gasteiger partial charge in [0.2, 0.25) is 0 Å². The summed E-state index contributed by atoms with van der Waals surface area (Å²) in [6.45, 7) is 6.76. The Hall–Kier alpha value is -1.66. The molecule has 3 heterocycles. The third-order valence-corrected chi connectivity index (χ3v) is 4.43. The summed E-state index contributed by atoms with van der Waals surface area (Å²) in [6.07, 6.45) is 10.6. The third kappa shape index (κ3) is 3.56. The number of ether oxygens (including phenoxy) is 1. The maximum atomic E-state index is 5.10. The van der Waals surface area contributed by atoms with Crippen LogP contribution in [-0.4, -0.2) is 50.5 Å². The molecule has 0 bridgehead atoms. The molecule has 2 aromatic rings. The van der Waals surface area contributed by atoms with Crippen molar-refractivity contribution in [2.75, 3.05) is 20.3 Å². The highest BCUT2D eigenvalue weighted by Gasteiger charge is 2.25. The Bertz CT molecular complexity index is 591. The molecular formula is C16H25N5O. The molecule has 0 aliphatic carbocycles. The van der Waals surface area contributed by atoms with Gasteiger partial charge in [0.25, 0.3) is 0 Å². The number of aryl methyl sites for hydroxylation is 1. The van der Waals surface area contributed by atoms with Crippen LogP contribution in [0.4, 0.5) is 0 Å². The van der Waals surface area contributed by atoms with Crippen LogP contribution in [0.2, 0.25) is 0 Å². The lowest BCUT2D eigenvalue weighted by Gasteiger charge is -2.24. The van der Waals surface area contributed by atoms with E-state index in [1.165, 1.54) is 24.9 Å². The zero-order valence-electron chi connectivity index (χ0n) is 13.5. The highest BCUT2D eigenvalue weighted by molar-refractivity contribution is 5.05. The number of imidazole rings is 1. The van der Waals surface area contributed by atoms with Crippen molar-refractivity contribution in [1.82, 2.24) is 24.2 Å². The van der Waals surface area contributed by atoms with Crippen molar-refractivity contribution < 1.29 is 4.74 Å². The first-order chi connectivity index (χ1) is 10.8. The fourth-order valence-electron chi connectivity index (χ4n) is 3.16. The topological polar surface area (TPSA) is 48.1 Å². The summed E-state index contributed by atoms with van der Waals surface area (Å²) in [7, 11) is 1.72. The van der Waals surface area contributed by atoms with Crippen LogP contribution in [0, 0.1) is 6.92 Å². The first kappa shape index (κ1) is 15.2. The van der Waals surface area contributed by atoms with Crippen LogP contribution >= 0.6 is 0 Å².